The van der Waals surface area contributed by atoms with E-state index in [1.807, 2.05) is 6.07 Å². The van der Waals surface area contributed by atoms with Gasteiger partial charge in [-0.25, -0.2) is 4.98 Å². The number of carbonyl (C=O) groups excluding carboxylic acids is 1. The molecule has 0 bridgehead atoms. The summed E-state index contributed by atoms with van der Waals surface area (Å²) >= 11 is 0. The van der Waals surface area contributed by atoms with Gasteiger partial charge in [0.25, 0.3) is 11.5 Å². The van der Waals surface area contributed by atoms with Gasteiger partial charge in [-0.3, -0.25) is 9.59 Å². The smallest absolute Gasteiger partial charge is 0.255 e. The van der Waals surface area contributed by atoms with Gasteiger partial charge in [-0.1, -0.05) is 12.1 Å². The summed E-state index contributed by atoms with van der Waals surface area (Å²) in [5.41, 5.74) is 2.06. The standard InChI is InChI=1S/C20H19N3O4/c1-12-7-18(24)23-19(21-12)13-5-4-6-15(8-13)22-20(25)14-9-16(26-2)11-17(10-14)27-3/h4-11H,1-3H3,(H,22,25)(H,21,23,24). The van der Waals surface area contributed by atoms with Crippen LogP contribution >= 0.6 is 0 Å². The lowest BCUT2D eigenvalue weighted by Crippen LogP contribution is -2.12. The van der Waals surface area contributed by atoms with E-state index in [0.29, 0.717) is 39.8 Å². The molecule has 0 radical (unpaired) electrons. The zero-order chi connectivity index (χ0) is 19.4. The number of nitrogens with one attached hydrogen (secondary N) is 2. The number of hydrogen-bond acceptors (Lipinski definition) is 5. The lowest BCUT2D eigenvalue weighted by atomic mass is 10.1. The Morgan fingerprint density at radius 2 is 1.74 bits per heavy atom. The van der Waals surface area contributed by atoms with Crippen LogP contribution in [0.3, 0.4) is 0 Å². The van der Waals surface area contributed by atoms with E-state index in [1.54, 1.807) is 43.3 Å². The number of ether oxygens (including phenoxy) is 2. The molecule has 2 N–H and O–H groups in total. The van der Waals surface area contributed by atoms with Gasteiger partial charge in [0.15, 0.2) is 0 Å². The zero-order valence-corrected chi connectivity index (χ0v) is 15.2. The maximum absolute atomic E-state index is 12.6. The molecule has 0 fully saturated rings. The van der Waals surface area contributed by atoms with Gasteiger partial charge in [-0.15, -0.1) is 0 Å². The first-order valence-electron chi connectivity index (χ1n) is 8.21. The molecular weight excluding hydrogens is 346 g/mol. The molecule has 1 heterocycles. The Hall–Kier alpha value is -3.61. The van der Waals surface area contributed by atoms with E-state index in [4.69, 9.17) is 9.47 Å². The van der Waals surface area contributed by atoms with Gasteiger partial charge >= 0.3 is 0 Å². The first-order chi connectivity index (χ1) is 13.0. The Morgan fingerprint density at radius 3 is 2.37 bits per heavy atom. The highest BCUT2D eigenvalue weighted by Gasteiger charge is 2.11. The predicted octanol–water partition coefficient (Wildman–Crippen LogP) is 3.01. The van der Waals surface area contributed by atoms with Crippen LogP contribution in [0.15, 0.2) is 53.3 Å². The number of anilines is 1. The molecular formula is C20H19N3O4. The summed E-state index contributed by atoms with van der Waals surface area (Å²) in [5, 5.41) is 2.83. The van der Waals surface area contributed by atoms with E-state index in [-0.39, 0.29) is 11.5 Å². The van der Waals surface area contributed by atoms with Crippen molar-refractivity contribution in [2.45, 2.75) is 6.92 Å². The Morgan fingerprint density at radius 1 is 1.04 bits per heavy atom. The van der Waals surface area contributed by atoms with Crippen molar-refractivity contribution >= 4 is 11.6 Å². The monoisotopic (exact) mass is 365 g/mol. The highest BCUT2D eigenvalue weighted by Crippen LogP contribution is 2.24. The van der Waals surface area contributed by atoms with E-state index in [1.165, 1.54) is 20.3 Å². The van der Waals surface area contributed by atoms with Gasteiger partial charge in [0.1, 0.15) is 17.3 Å². The lowest BCUT2D eigenvalue weighted by molar-refractivity contribution is 0.102. The van der Waals surface area contributed by atoms with E-state index >= 15 is 0 Å². The number of nitrogens with zero attached hydrogens (tertiary/aromatic N) is 1. The predicted molar refractivity (Wildman–Crippen MR) is 103 cm³/mol. The van der Waals surface area contributed by atoms with Gasteiger partial charge in [0, 0.05) is 34.6 Å². The van der Waals surface area contributed by atoms with Gasteiger partial charge in [-0.05, 0) is 31.2 Å². The SMILES string of the molecule is COc1cc(OC)cc(C(=O)Nc2cccc(-c3nc(C)cc(=O)[nH]3)c2)c1. The minimum atomic E-state index is -0.310. The molecule has 1 amide bonds. The number of H-pyrrole nitrogens is 1. The normalized spacial score (nSPS) is 10.3. The Balaban J connectivity index is 1.88. The van der Waals surface area contributed by atoms with Gasteiger partial charge in [0.2, 0.25) is 0 Å². The van der Waals surface area contributed by atoms with Gasteiger partial charge in [-0.2, -0.15) is 0 Å². The first kappa shape index (κ1) is 18.2. The molecule has 0 aliphatic carbocycles. The Labute approximate surface area is 156 Å². The number of aromatic nitrogens is 2. The fourth-order valence-electron chi connectivity index (χ4n) is 2.60. The Bertz CT molecular complexity index is 1020. The number of rotatable bonds is 5. The number of aromatic amines is 1. The van der Waals surface area contributed by atoms with Crippen molar-refractivity contribution in [2.75, 3.05) is 19.5 Å². The summed E-state index contributed by atoms with van der Waals surface area (Å²) in [5.74, 6) is 1.18. The zero-order valence-electron chi connectivity index (χ0n) is 15.2. The van der Waals surface area contributed by atoms with Crippen LogP contribution in [0.25, 0.3) is 11.4 Å². The summed E-state index contributed by atoms with van der Waals surface area (Å²) in [6.07, 6.45) is 0. The quantitative estimate of drug-likeness (QED) is 0.725. The van der Waals surface area contributed by atoms with Crippen LogP contribution < -0.4 is 20.3 Å². The van der Waals surface area contributed by atoms with Crippen molar-refractivity contribution in [3.8, 4) is 22.9 Å². The molecule has 0 aliphatic rings. The van der Waals surface area contributed by atoms with Crippen LogP contribution in [0.5, 0.6) is 11.5 Å². The number of benzene rings is 2. The molecule has 0 aliphatic heterocycles. The van der Waals surface area contributed by atoms with Crippen LogP contribution in [0.2, 0.25) is 0 Å². The number of carbonyl (C=O) groups is 1. The third kappa shape index (κ3) is 4.33. The molecule has 0 unspecified atom stereocenters. The van der Waals surface area contributed by atoms with Gasteiger partial charge in [0.05, 0.1) is 14.2 Å². The van der Waals surface area contributed by atoms with Crippen molar-refractivity contribution in [2.24, 2.45) is 0 Å². The molecule has 3 rings (SSSR count). The third-order valence-electron chi connectivity index (χ3n) is 3.88. The molecule has 1 aromatic heterocycles. The van der Waals surface area contributed by atoms with E-state index in [2.05, 4.69) is 15.3 Å². The molecule has 0 spiro atoms. The highest BCUT2D eigenvalue weighted by atomic mass is 16.5. The van der Waals surface area contributed by atoms with Crippen LogP contribution in [-0.4, -0.2) is 30.1 Å². The summed E-state index contributed by atoms with van der Waals surface area (Å²) in [4.78, 5) is 31.3. The third-order valence-corrected chi connectivity index (χ3v) is 3.88. The largest absolute Gasteiger partial charge is 0.497 e. The molecule has 0 saturated carbocycles. The van der Waals surface area contributed by atoms with E-state index in [0.717, 1.165) is 0 Å². The number of hydrogen-bond donors (Lipinski definition) is 2. The van der Waals surface area contributed by atoms with Gasteiger partial charge < -0.3 is 19.8 Å². The lowest BCUT2D eigenvalue weighted by Gasteiger charge is -2.10. The maximum atomic E-state index is 12.6. The highest BCUT2D eigenvalue weighted by molar-refractivity contribution is 6.05. The second kappa shape index (κ2) is 7.74. The van der Waals surface area contributed by atoms with Crippen molar-refractivity contribution < 1.29 is 14.3 Å². The van der Waals surface area contributed by atoms with Crippen molar-refractivity contribution in [1.82, 2.24) is 9.97 Å². The van der Waals surface area contributed by atoms with Crippen molar-refractivity contribution in [3.05, 3.63) is 70.1 Å². The molecule has 138 valence electrons. The van der Waals surface area contributed by atoms with Crippen LogP contribution in [-0.2, 0) is 0 Å². The summed E-state index contributed by atoms with van der Waals surface area (Å²) in [6, 6.07) is 13.5. The number of amides is 1. The minimum absolute atomic E-state index is 0.226. The molecule has 0 saturated heterocycles. The maximum Gasteiger partial charge on any atom is 0.255 e. The number of methoxy groups -OCH3 is 2. The summed E-state index contributed by atoms with van der Waals surface area (Å²) < 4.78 is 10.4. The molecule has 7 heteroatoms. The topological polar surface area (TPSA) is 93.3 Å². The second-order valence-electron chi connectivity index (χ2n) is 5.87. The van der Waals surface area contributed by atoms with E-state index < -0.39 is 0 Å². The fraction of sp³-hybridized carbons (Fsp3) is 0.150. The van der Waals surface area contributed by atoms with Crippen LogP contribution in [0.1, 0.15) is 16.1 Å². The average Bonchev–Trinajstić information content (AvgIpc) is 2.67. The number of aryl methyl sites for hydroxylation is 1. The second-order valence-corrected chi connectivity index (χ2v) is 5.87. The summed E-state index contributed by atoms with van der Waals surface area (Å²) in [7, 11) is 3.05. The molecule has 2 aromatic carbocycles. The van der Waals surface area contributed by atoms with Crippen molar-refractivity contribution in [1.29, 1.82) is 0 Å². The molecule has 27 heavy (non-hydrogen) atoms. The summed E-state index contributed by atoms with van der Waals surface area (Å²) in [6.45, 7) is 1.75. The van der Waals surface area contributed by atoms with Crippen molar-refractivity contribution in [3.63, 3.8) is 0 Å². The van der Waals surface area contributed by atoms with E-state index in [9.17, 15) is 9.59 Å². The first-order valence-corrected chi connectivity index (χ1v) is 8.21. The molecule has 0 atom stereocenters. The fourth-order valence-corrected chi connectivity index (χ4v) is 2.60. The molecule has 3 aromatic rings. The van der Waals surface area contributed by atoms with Crippen LogP contribution in [0, 0.1) is 6.92 Å². The Kier molecular flexibility index (Phi) is 5.21. The van der Waals surface area contributed by atoms with Crippen LogP contribution in [0.4, 0.5) is 5.69 Å². The average molecular weight is 365 g/mol. The minimum Gasteiger partial charge on any atom is -0.497 e. The molecule has 7 nitrogen and oxygen atoms in total.